The summed E-state index contributed by atoms with van der Waals surface area (Å²) in [6, 6.07) is 16.8. The Morgan fingerprint density at radius 3 is 2.30 bits per heavy atom. The van der Waals surface area contributed by atoms with Crippen molar-refractivity contribution in [2.24, 2.45) is 5.10 Å². The van der Waals surface area contributed by atoms with Gasteiger partial charge < -0.3 is 14.0 Å². The van der Waals surface area contributed by atoms with E-state index in [1.54, 1.807) is 53.1 Å². The summed E-state index contributed by atoms with van der Waals surface area (Å²) in [7, 11) is 0. The van der Waals surface area contributed by atoms with Crippen molar-refractivity contribution in [3.05, 3.63) is 86.6 Å². The van der Waals surface area contributed by atoms with Crippen LogP contribution in [0.15, 0.2) is 70.6 Å². The normalized spacial score (nSPS) is 12.5. The zero-order valence-electron chi connectivity index (χ0n) is 17.1. The Balaban J connectivity index is 1.44. The standard InChI is InChI=1S/C23H16N4O6/c28-22(25-24-11-14-9-20-21(33-13-32-20)10-19(14)27(30)31)12-26-17-7-3-1-5-15(17)23(29)16-6-2-4-8-18(16)26/h1-11H,12-13H2,(H,25,28)/b24-11-. The molecule has 0 unspecified atom stereocenters. The van der Waals surface area contributed by atoms with Crippen LogP contribution in [0, 0.1) is 10.1 Å². The molecule has 0 aliphatic carbocycles. The highest BCUT2D eigenvalue weighted by atomic mass is 16.7. The van der Waals surface area contributed by atoms with Crippen molar-refractivity contribution in [1.29, 1.82) is 0 Å². The molecule has 0 atom stereocenters. The first-order chi connectivity index (χ1) is 16.0. The summed E-state index contributed by atoms with van der Waals surface area (Å²) in [5.74, 6) is 0.174. The Morgan fingerprint density at radius 1 is 1.06 bits per heavy atom. The number of amides is 1. The molecular formula is C23H16N4O6. The third kappa shape index (κ3) is 3.63. The molecule has 5 rings (SSSR count). The molecule has 1 amide bonds. The van der Waals surface area contributed by atoms with Gasteiger partial charge in [0.2, 0.25) is 6.79 Å². The van der Waals surface area contributed by atoms with Crippen LogP contribution >= 0.6 is 0 Å². The topological polar surface area (TPSA) is 125 Å². The molecule has 4 aromatic rings. The number of carbonyl (C=O) groups is 1. The third-order valence-corrected chi connectivity index (χ3v) is 5.29. The first-order valence-corrected chi connectivity index (χ1v) is 9.93. The van der Waals surface area contributed by atoms with E-state index in [9.17, 15) is 19.7 Å². The van der Waals surface area contributed by atoms with E-state index in [0.717, 1.165) is 0 Å². The van der Waals surface area contributed by atoms with E-state index in [0.29, 0.717) is 27.6 Å². The lowest BCUT2D eigenvalue weighted by atomic mass is 10.1. The van der Waals surface area contributed by atoms with Gasteiger partial charge in [-0.2, -0.15) is 5.10 Å². The number of hydrazone groups is 1. The number of fused-ring (bicyclic) bond motifs is 3. The number of benzene rings is 3. The first-order valence-electron chi connectivity index (χ1n) is 9.93. The van der Waals surface area contributed by atoms with Crippen LogP contribution in [0.25, 0.3) is 21.8 Å². The number of nitro groups is 1. The minimum Gasteiger partial charge on any atom is -0.454 e. The van der Waals surface area contributed by atoms with Gasteiger partial charge in [0.05, 0.1) is 33.8 Å². The van der Waals surface area contributed by atoms with Gasteiger partial charge in [0.25, 0.3) is 11.6 Å². The highest BCUT2D eigenvalue weighted by Crippen LogP contribution is 2.37. The fourth-order valence-corrected chi connectivity index (χ4v) is 3.81. The van der Waals surface area contributed by atoms with Crippen LogP contribution in [0.1, 0.15) is 5.56 Å². The molecule has 0 saturated carbocycles. The lowest BCUT2D eigenvalue weighted by molar-refractivity contribution is -0.385. The average molecular weight is 444 g/mol. The van der Waals surface area contributed by atoms with Crippen LogP contribution in [0.5, 0.6) is 11.5 Å². The molecule has 0 bridgehead atoms. The largest absolute Gasteiger partial charge is 0.454 e. The second-order valence-corrected chi connectivity index (χ2v) is 7.26. The zero-order valence-corrected chi connectivity index (χ0v) is 17.1. The number of hydrogen-bond acceptors (Lipinski definition) is 7. The van der Waals surface area contributed by atoms with E-state index in [2.05, 4.69) is 10.5 Å². The van der Waals surface area contributed by atoms with Crippen molar-refractivity contribution in [3.8, 4) is 11.5 Å². The van der Waals surface area contributed by atoms with Crippen LogP contribution < -0.4 is 20.3 Å². The molecule has 10 heteroatoms. The Morgan fingerprint density at radius 2 is 1.67 bits per heavy atom. The number of ether oxygens (including phenoxy) is 2. The maximum absolute atomic E-state index is 12.8. The number of rotatable bonds is 5. The fourth-order valence-electron chi connectivity index (χ4n) is 3.81. The van der Waals surface area contributed by atoms with Crippen molar-refractivity contribution in [3.63, 3.8) is 0 Å². The summed E-state index contributed by atoms with van der Waals surface area (Å²) in [6.07, 6.45) is 1.18. The highest BCUT2D eigenvalue weighted by molar-refractivity contribution is 5.95. The summed E-state index contributed by atoms with van der Waals surface area (Å²) < 4.78 is 12.2. The summed E-state index contributed by atoms with van der Waals surface area (Å²) in [5, 5.41) is 16.3. The van der Waals surface area contributed by atoms with Crippen molar-refractivity contribution >= 4 is 39.6 Å². The number of pyridine rings is 1. The second-order valence-electron chi connectivity index (χ2n) is 7.26. The summed E-state index contributed by atoms with van der Waals surface area (Å²) in [5.41, 5.74) is 3.45. The van der Waals surface area contributed by atoms with Crippen LogP contribution in [-0.4, -0.2) is 28.4 Å². The van der Waals surface area contributed by atoms with E-state index in [-0.39, 0.29) is 35.8 Å². The molecule has 2 heterocycles. The smallest absolute Gasteiger partial charge is 0.282 e. The van der Waals surface area contributed by atoms with Crippen LogP contribution in [-0.2, 0) is 11.3 Å². The summed E-state index contributed by atoms with van der Waals surface area (Å²) >= 11 is 0. The average Bonchev–Trinajstić information content (AvgIpc) is 3.29. The molecule has 0 spiro atoms. The fraction of sp³-hybridized carbons (Fsp3) is 0.0870. The van der Waals surface area contributed by atoms with Gasteiger partial charge in [0.15, 0.2) is 16.9 Å². The molecule has 1 aliphatic rings. The summed E-state index contributed by atoms with van der Waals surface area (Å²) in [4.78, 5) is 36.3. The highest BCUT2D eigenvalue weighted by Gasteiger charge is 2.22. The van der Waals surface area contributed by atoms with Gasteiger partial charge in [0.1, 0.15) is 6.54 Å². The SMILES string of the molecule is O=C(Cn1c2ccccc2c(=O)c2ccccc21)N/N=C\c1cc2c(cc1[N+](=O)[O-])OCO2. The van der Waals surface area contributed by atoms with E-state index < -0.39 is 10.8 Å². The molecule has 0 saturated heterocycles. The minimum atomic E-state index is -0.566. The zero-order chi connectivity index (χ0) is 22.9. The predicted octanol–water partition coefficient (Wildman–Crippen LogP) is 2.94. The molecule has 3 aromatic carbocycles. The quantitative estimate of drug-likeness (QED) is 0.218. The van der Waals surface area contributed by atoms with E-state index in [4.69, 9.17) is 9.47 Å². The Bertz CT molecular complexity index is 1470. The van der Waals surface area contributed by atoms with Crippen molar-refractivity contribution in [1.82, 2.24) is 9.99 Å². The van der Waals surface area contributed by atoms with Gasteiger partial charge in [0, 0.05) is 10.8 Å². The number of hydrogen-bond donors (Lipinski definition) is 1. The van der Waals surface area contributed by atoms with Gasteiger partial charge in [-0.05, 0) is 30.3 Å². The van der Waals surface area contributed by atoms with E-state index in [1.807, 2.05) is 0 Å². The molecule has 10 nitrogen and oxygen atoms in total. The Hall–Kier alpha value is -4.73. The van der Waals surface area contributed by atoms with Gasteiger partial charge >= 0.3 is 0 Å². The number of aromatic nitrogens is 1. The van der Waals surface area contributed by atoms with Crippen molar-refractivity contribution < 1.29 is 19.2 Å². The van der Waals surface area contributed by atoms with Gasteiger partial charge in [-0.1, -0.05) is 24.3 Å². The molecule has 1 aliphatic heterocycles. The van der Waals surface area contributed by atoms with Crippen LogP contribution in [0.2, 0.25) is 0 Å². The number of nitrogens with zero attached hydrogens (tertiary/aromatic N) is 3. The maximum atomic E-state index is 12.8. The van der Waals surface area contributed by atoms with Crippen molar-refractivity contribution in [2.75, 3.05) is 6.79 Å². The number of para-hydroxylation sites is 2. The summed E-state index contributed by atoms with van der Waals surface area (Å²) in [6.45, 7) is -0.132. The monoisotopic (exact) mass is 444 g/mol. The first kappa shape index (κ1) is 20.2. The predicted molar refractivity (Wildman–Crippen MR) is 121 cm³/mol. The molecule has 1 aromatic heterocycles. The molecular weight excluding hydrogens is 428 g/mol. The van der Waals surface area contributed by atoms with Crippen LogP contribution in [0.4, 0.5) is 5.69 Å². The number of carbonyl (C=O) groups excluding carboxylic acids is 1. The Kier molecular flexibility index (Phi) is 4.94. The number of nitro benzene ring substituents is 1. The van der Waals surface area contributed by atoms with Gasteiger partial charge in [-0.25, -0.2) is 5.43 Å². The third-order valence-electron chi connectivity index (χ3n) is 5.29. The van der Waals surface area contributed by atoms with E-state index in [1.165, 1.54) is 18.3 Å². The lowest BCUT2D eigenvalue weighted by Gasteiger charge is -2.14. The van der Waals surface area contributed by atoms with Gasteiger partial charge in [-0.3, -0.25) is 19.7 Å². The van der Waals surface area contributed by atoms with E-state index >= 15 is 0 Å². The lowest BCUT2D eigenvalue weighted by Crippen LogP contribution is -2.25. The van der Waals surface area contributed by atoms with Gasteiger partial charge in [-0.15, -0.1) is 0 Å². The minimum absolute atomic E-state index is 0.0227. The molecule has 164 valence electrons. The molecule has 0 radical (unpaired) electrons. The number of nitrogens with one attached hydrogen (secondary N) is 1. The second kappa shape index (κ2) is 8.08. The maximum Gasteiger partial charge on any atom is 0.282 e. The Labute approximate surface area is 185 Å². The van der Waals surface area contributed by atoms with Crippen molar-refractivity contribution in [2.45, 2.75) is 6.54 Å². The molecule has 1 N–H and O–H groups in total. The molecule has 0 fully saturated rings. The molecule has 33 heavy (non-hydrogen) atoms. The van der Waals surface area contributed by atoms with Crippen LogP contribution in [0.3, 0.4) is 0 Å².